The SMILES string of the molecule is O=C(c1ccc(-n2ccnc2)nc1)N1CCCC(c2ccn[nH]2)C1. The van der Waals surface area contributed by atoms with E-state index in [4.69, 9.17) is 0 Å². The summed E-state index contributed by atoms with van der Waals surface area (Å²) in [5.74, 6) is 1.10. The van der Waals surface area contributed by atoms with Crippen molar-refractivity contribution in [2.24, 2.45) is 0 Å². The molecule has 1 saturated heterocycles. The summed E-state index contributed by atoms with van der Waals surface area (Å²) in [6.45, 7) is 1.50. The van der Waals surface area contributed by atoms with Crippen LogP contribution in [-0.4, -0.2) is 48.6 Å². The van der Waals surface area contributed by atoms with E-state index >= 15 is 0 Å². The Morgan fingerprint density at radius 1 is 1.25 bits per heavy atom. The quantitative estimate of drug-likeness (QED) is 0.800. The number of carbonyl (C=O) groups is 1. The molecular formula is C17H18N6O. The van der Waals surface area contributed by atoms with Gasteiger partial charge in [0.25, 0.3) is 5.91 Å². The number of aromatic amines is 1. The summed E-state index contributed by atoms with van der Waals surface area (Å²) in [6, 6.07) is 5.65. The van der Waals surface area contributed by atoms with Crippen molar-refractivity contribution in [3.05, 3.63) is 60.6 Å². The van der Waals surface area contributed by atoms with Crippen molar-refractivity contribution in [3.63, 3.8) is 0 Å². The first-order valence-electron chi connectivity index (χ1n) is 8.04. The number of imidazole rings is 1. The van der Waals surface area contributed by atoms with E-state index in [2.05, 4.69) is 20.2 Å². The van der Waals surface area contributed by atoms with Gasteiger partial charge in [0.15, 0.2) is 0 Å². The Kier molecular flexibility index (Phi) is 3.82. The van der Waals surface area contributed by atoms with Gasteiger partial charge in [-0.05, 0) is 31.0 Å². The molecule has 24 heavy (non-hydrogen) atoms. The molecule has 0 spiro atoms. The molecule has 1 atom stereocenters. The number of amides is 1. The van der Waals surface area contributed by atoms with Crippen LogP contribution in [0.15, 0.2) is 49.3 Å². The standard InChI is InChI=1S/C17H18N6O/c24-17(13-3-4-16(19-10-13)23-9-7-18-12-23)22-8-1-2-14(11-22)15-5-6-20-21-15/h3-7,9-10,12,14H,1-2,8,11H2,(H,20,21). The molecule has 4 rings (SSSR count). The van der Waals surface area contributed by atoms with Gasteiger partial charge in [0, 0.05) is 49.5 Å². The summed E-state index contributed by atoms with van der Waals surface area (Å²) >= 11 is 0. The summed E-state index contributed by atoms with van der Waals surface area (Å²) in [4.78, 5) is 23.0. The third kappa shape index (κ3) is 2.80. The van der Waals surface area contributed by atoms with Crippen molar-refractivity contribution < 1.29 is 4.79 Å². The van der Waals surface area contributed by atoms with Crippen LogP contribution in [0.3, 0.4) is 0 Å². The van der Waals surface area contributed by atoms with E-state index in [-0.39, 0.29) is 5.91 Å². The van der Waals surface area contributed by atoms with Crippen LogP contribution in [0.25, 0.3) is 5.82 Å². The number of rotatable bonds is 3. The van der Waals surface area contributed by atoms with Gasteiger partial charge in [0.2, 0.25) is 0 Å². The van der Waals surface area contributed by atoms with Crippen molar-refractivity contribution in [2.75, 3.05) is 13.1 Å². The molecule has 7 nitrogen and oxygen atoms in total. The van der Waals surface area contributed by atoms with E-state index in [0.29, 0.717) is 18.0 Å². The lowest BCUT2D eigenvalue weighted by Crippen LogP contribution is -2.39. The molecule has 1 amide bonds. The maximum absolute atomic E-state index is 12.8. The number of hydrogen-bond acceptors (Lipinski definition) is 4. The van der Waals surface area contributed by atoms with Crippen molar-refractivity contribution in [2.45, 2.75) is 18.8 Å². The average molecular weight is 322 g/mol. The molecule has 0 saturated carbocycles. The highest BCUT2D eigenvalue weighted by Gasteiger charge is 2.26. The molecule has 1 aliphatic heterocycles. The lowest BCUT2D eigenvalue weighted by Gasteiger charge is -2.32. The number of aromatic nitrogens is 5. The second-order valence-electron chi connectivity index (χ2n) is 5.98. The topological polar surface area (TPSA) is 79.7 Å². The number of H-pyrrole nitrogens is 1. The number of nitrogens with zero attached hydrogens (tertiary/aromatic N) is 5. The fraction of sp³-hybridized carbons (Fsp3) is 0.294. The maximum atomic E-state index is 12.8. The number of piperidine rings is 1. The van der Waals surface area contributed by atoms with Crippen molar-refractivity contribution in [1.82, 2.24) is 29.6 Å². The molecule has 1 fully saturated rings. The zero-order valence-electron chi connectivity index (χ0n) is 13.2. The first-order valence-corrected chi connectivity index (χ1v) is 8.04. The van der Waals surface area contributed by atoms with Gasteiger partial charge in [-0.25, -0.2) is 9.97 Å². The predicted molar refractivity (Wildman–Crippen MR) is 87.8 cm³/mol. The van der Waals surface area contributed by atoms with E-state index < -0.39 is 0 Å². The molecule has 0 aromatic carbocycles. The summed E-state index contributed by atoms with van der Waals surface area (Å²) in [7, 11) is 0. The molecular weight excluding hydrogens is 304 g/mol. The lowest BCUT2D eigenvalue weighted by atomic mass is 9.94. The Hall–Kier alpha value is -2.96. The number of hydrogen-bond donors (Lipinski definition) is 1. The number of pyridine rings is 1. The summed E-state index contributed by atoms with van der Waals surface area (Å²) in [6.07, 6.45) is 10.7. The number of nitrogens with one attached hydrogen (secondary N) is 1. The molecule has 1 unspecified atom stereocenters. The van der Waals surface area contributed by atoms with E-state index in [1.165, 1.54) is 0 Å². The van der Waals surface area contributed by atoms with Crippen LogP contribution < -0.4 is 0 Å². The first kappa shape index (κ1) is 14.6. The largest absolute Gasteiger partial charge is 0.338 e. The van der Waals surface area contributed by atoms with Crippen LogP contribution in [0.1, 0.15) is 34.8 Å². The van der Waals surface area contributed by atoms with E-state index in [0.717, 1.165) is 30.9 Å². The molecule has 0 bridgehead atoms. The molecule has 122 valence electrons. The number of carbonyl (C=O) groups excluding carboxylic acids is 1. The zero-order chi connectivity index (χ0) is 16.4. The molecule has 1 N–H and O–H groups in total. The molecule has 3 aromatic heterocycles. The summed E-state index contributed by atoms with van der Waals surface area (Å²) in [5, 5.41) is 7.03. The first-order chi connectivity index (χ1) is 11.8. The monoisotopic (exact) mass is 322 g/mol. The van der Waals surface area contributed by atoms with Crippen LogP contribution in [0.2, 0.25) is 0 Å². The van der Waals surface area contributed by atoms with Gasteiger partial charge < -0.3 is 4.90 Å². The van der Waals surface area contributed by atoms with Gasteiger partial charge >= 0.3 is 0 Å². The minimum atomic E-state index is 0.0314. The third-order valence-corrected chi connectivity index (χ3v) is 4.43. The maximum Gasteiger partial charge on any atom is 0.255 e. The van der Waals surface area contributed by atoms with Crippen LogP contribution >= 0.6 is 0 Å². The van der Waals surface area contributed by atoms with Crippen LogP contribution in [0.4, 0.5) is 0 Å². The minimum Gasteiger partial charge on any atom is -0.338 e. The molecule has 4 heterocycles. The van der Waals surface area contributed by atoms with E-state index in [1.807, 2.05) is 33.9 Å². The van der Waals surface area contributed by atoms with Gasteiger partial charge in [0.05, 0.1) is 5.56 Å². The van der Waals surface area contributed by atoms with Gasteiger partial charge in [0.1, 0.15) is 12.1 Å². The second kappa shape index (κ2) is 6.27. The fourth-order valence-corrected chi connectivity index (χ4v) is 3.15. The van der Waals surface area contributed by atoms with Crippen LogP contribution in [0.5, 0.6) is 0 Å². The van der Waals surface area contributed by atoms with Crippen molar-refractivity contribution in [3.8, 4) is 5.82 Å². The van der Waals surface area contributed by atoms with Crippen molar-refractivity contribution >= 4 is 5.91 Å². The predicted octanol–water partition coefficient (Wildman–Crippen LogP) is 2.01. The molecule has 7 heteroatoms. The normalized spacial score (nSPS) is 17.8. The molecule has 3 aromatic rings. The van der Waals surface area contributed by atoms with E-state index in [1.54, 1.807) is 24.9 Å². The average Bonchev–Trinajstić information content (AvgIpc) is 3.35. The Labute approximate surface area is 139 Å². The zero-order valence-corrected chi connectivity index (χ0v) is 13.2. The van der Waals surface area contributed by atoms with Gasteiger partial charge in [-0.2, -0.15) is 5.10 Å². The van der Waals surface area contributed by atoms with Gasteiger partial charge in [-0.15, -0.1) is 0 Å². The van der Waals surface area contributed by atoms with Gasteiger partial charge in [-0.3, -0.25) is 14.5 Å². The summed E-state index contributed by atoms with van der Waals surface area (Å²) in [5.41, 5.74) is 1.71. The molecule has 0 radical (unpaired) electrons. The third-order valence-electron chi connectivity index (χ3n) is 4.43. The second-order valence-corrected chi connectivity index (χ2v) is 5.98. The van der Waals surface area contributed by atoms with Crippen LogP contribution in [-0.2, 0) is 0 Å². The van der Waals surface area contributed by atoms with Crippen LogP contribution in [0, 0.1) is 0 Å². The number of likely N-dealkylation sites (tertiary alicyclic amines) is 1. The van der Waals surface area contributed by atoms with E-state index in [9.17, 15) is 4.79 Å². The summed E-state index contributed by atoms with van der Waals surface area (Å²) < 4.78 is 1.81. The fourth-order valence-electron chi connectivity index (χ4n) is 3.15. The Morgan fingerprint density at radius 3 is 2.92 bits per heavy atom. The molecule has 0 aliphatic carbocycles. The Morgan fingerprint density at radius 2 is 2.21 bits per heavy atom. The Balaban J connectivity index is 1.49. The lowest BCUT2D eigenvalue weighted by molar-refractivity contribution is 0.0705. The Bertz CT molecular complexity index is 794. The smallest absolute Gasteiger partial charge is 0.255 e. The minimum absolute atomic E-state index is 0.0314. The highest BCUT2D eigenvalue weighted by atomic mass is 16.2. The molecule has 1 aliphatic rings. The highest BCUT2D eigenvalue weighted by Crippen LogP contribution is 2.26. The van der Waals surface area contributed by atoms with Crippen molar-refractivity contribution in [1.29, 1.82) is 0 Å². The van der Waals surface area contributed by atoms with Gasteiger partial charge in [-0.1, -0.05) is 0 Å². The highest BCUT2D eigenvalue weighted by molar-refractivity contribution is 5.94.